The molecule has 0 atom stereocenters. The Morgan fingerprint density at radius 1 is 1.15 bits per heavy atom. The van der Waals surface area contributed by atoms with E-state index in [4.69, 9.17) is 4.74 Å². The van der Waals surface area contributed by atoms with Gasteiger partial charge >= 0.3 is 0 Å². The zero-order chi connectivity index (χ0) is 18.7. The van der Waals surface area contributed by atoms with Crippen LogP contribution in [-0.4, -0.2) is 34.1 Å². The zero-order valence-corrected chi connectivity index (χ0v) is 15.7. The Morgan fingerprint density at radius 3 is 2.54 bits per heavy atom. The van der Waals surface area contributed by atoms with E-state index in [1.54, 1.807) is 17.0 Å². The summed E-state index contributed by atoms with van der Waals surface area (Å²) >= 11 is 0. The van der Waals surface area contributed by atoms with Crippen LogP contribution in [0.4, 0.5) is 11.4 Å². The topological polar surface area (TPSA) is 75.7 Å². The minimum absolute atomic E-state index is 0.0503. The van der Waals surface area contributed by atoms with Crippen molar-refractivity contribution in [1.82, 2.24) is 0 Å². The van der Waals surface area contributed by atoms with Gasteiger partial charge in [-0.15, -0.1) is 0 Å². The summed E-state index contributed by atoms with van der Waals surface area (Å²) in [4.78, 5) is 13.7. The lowest BCUT2D eigenvalue weighted by atomic mass is 10.1. The van der Waals surface area contributed by atoms with Crippen LogP contribution in [-0.2, 0) is 26.0 Å². The lowest BCUT2D eigenvalue weighted by Crippen LogP contribution is -2.41. The quantitative estimate of drug-likeness (QED) is 0.873. The first-order valence-electron chi connectivity index (χ1n) is 8.52. The van der Waals surface area contributed by atoms with Crippen LogP contribution in [0.15, 0.2) is 47.4 Å². The standard InChI is InChI=1S/C19H22N2O4S/c1-3-15-6-4-5-14(2)19(15)20-26(23,24)17-9-7-16(8-10-17)21-11-12-25-13-18(21)22/h4-10,20H,3,11-13H2,1-2H3. The van der Waals surface area contributed by atoms with Crippen molar-refractivity contribution >= 4 is 27.3 Å². The van der Waals surface area contributed by atoms with Gasteiger partial charge in [0, 0.05) is 12.2 Å². The maximum absolute atomic E-state index is 12.8. The lowest BCUT2D eigenvalue weighted by molar-refractivity contribution is -0.125. The van der Waals surface area contributed by atoms with Gasteiger partial charge in [-0.05, 0) is 48.7 Å². The van der Waals surface area contributed by atoms with E-state index in [0.717, 1.165) is 17.5 Å². The predicted octanol–water partition coefficient (Wildman–Crippen LogP) is 2.72. The van der Waals surface area contributed by atoms with Gasteiger partial charge in [-0.1, -0.05) is 25.1 Å². The number of carbonyl (C=O) groups is 1. The maximum Gasteiger partial charge on any atom is 0.261 e. The zero-order valence-electron chi connectivity index (χ0n) is 14.9. The SMILES string of the molecule is CCc1cccc(C)c1NS(=O)(=O)c1ccc(N2CCOCC2=O)cc1. The number of para-hydroxylation sites is 1. The first-order chi connectivity index (χ1) is 12.4. The van der Waals surface area contributed by atoms with Crippen molar-refractivity contribution in [2.24, 2.45) is 0 Å². The number of nitrogens with one attached hydrogen (secondary N) is 1. The number of ether oxygens (including phenoxy) is 1. The van der Waals surface area contributed by atoms with Crippen LogP contribution in [0.1, 0.15) is 18.1 Å². The van der Waals surface area contributed by atoms with E-state index in [0.29, 0.717) is 24.5 Å². The molecular formula is C19H22N2O4S. The molecule has 7 heteroatoms. The number of anilines is 2. The fourth-order valence-corrected chi connectivity index (χ4v) is 4.13. The molecular weight excluding hydrogens is 352 g/mol. The number of morpholine rings is 1. The van der Waals surface area contributed by atoms with E-state index >= 15 is 0 Å². The molecule has 26 heavy (non-hydrogen) atoms. The predicted molar refractivity (Wildman–Crippen MR) is 101 cm³/mol. The molecule has 0 saturated carbocycles. The third-order valence-corrected chi connectivity index (χ3v) is 5.79. The van der Waals surface area contributed by atoms with E-state index in [1.165, 1.54) is 12.1 Å². The Balaban J connectivity index is 1.85. The van der Waals surface area contributed by atoms with Crippen molar-refractivity contribution in [3.05, 3.63) is 53.6 Å². The fourth-order valence-electron chi connectivity index (χ4n) is 2.96. The summed E-state index contributed by atoms with van der Waals surface area (Å²) in [5, 5.41) is 0. The van der Waals surface area contributed by atoms with Gasteiger partial charge in [0.25, 0.3) is 15.9 Å². The van der Waals surface area contributed by atoms with Gasteiger partial charge in [0.05, 0.1) is 17.2 Å². The molecule has 2 aromatic carbocycles. The fraction of sp³-hybridized carbons (Fsp3) is 0.316. The van der Waals surface area contributed by atoms with Gasteiger partial charge < -0.3 is 9.64 Å². The number of benzene rings is 2. The van der Waals surface area contributed by atoms with Crippen molar-refractivity contribution < 1.29 is 17.9 Å². The smallest absolute Gasteiger partial charge is 0.261 e. The summed E-state index contributed by atoms with van der Waals surface area (Å²) in [5.41, 5.74) is 3.12. The number of hydrogen-bond donors (Lipinski definition) is 1. The summed E-state index contributed by atoms with van der Waals surface area (Å²) in [7, 11) is -3.71. The van der Waals surface area contributed by atoms with Crippen LogP contribution in [0.5, 0.6) is 0 Å². The number of carbonyl (C=O) groups excluding carboxylic acids is 1. The highest BCUT2D eigenvalue weighted by atomic mass is 32.2. The number of sulfonamides is 1. The molecule has 0 spiro atoms. The van der Waals surface area contributed by atoms with Crippen molar-refractivity contribution in [2.75, 3.05) is 29.4 Å². The molecule has 0 unspecified atom stereocenters. The monoisotopic (exact) mass is 374 g/mol. The number of hydrogen-bond acceptors (Lipinski definition) is 4. The third-order valence-electron chi connectivity index (χ3n) is 4.42. The molecule has 0 bridgehead atoms. The summed E-state index contributed by atoms with van der Waals surface area (Å²) in [6.45, 7) is 4.85. The Hall–Kier alpha value is -2.38. The second-order valence-electron chi connectivity index (χ2n) is 6.16. The number of nitrogens with zero attached hydrogens (tertiary/aromatic N) is 1. The molecule has 1 heterocycles. The molecule has 3 rings (SSSR count). The van der Waals surface area contributed by atoms with E-state index in [1.807, 2.05) is 32.0 Å². The summed E-state index contributed by atoms with van der Waals surface area (Å²) in [5.74, 6) is -0.127. The van der Waals surface area contributed by atoms with Gasteiger partial charge in [0.2, 0.25) is 0 Å². The van der Waals surface area contributed by atoms with E-state index in [2.05, 4.69) is 4.72 Å². The number of aryl methyl sites for hydroxylation is 2. The molecule has 138 valence electrons. The van der Waals surface area contributed by atoms with Gasteiger partial charge in [-0.2, -0.15) is 0 Å². The molecule has 1 aliphatic rings. The van der Waals surface area contributed by atoms with Crippen molar-refractivity contribution in [1.29, 1.82) is 0 Å². The van der Waals surface area contributed by atoms with Crippen LogP contribution in [0.2, 0.25) is 0 Å². The summed E-state index contributed by atoms with van der Waals surface area (Å²) < 4.78 is 33.3. The molecule has 1 fully saturated rings. The molecule has 0 radical (unpaired) electrons. The molecule has 6 nitrogen and oxygen atoms in total. The average molecular weight is 374 g/mol. The van der Waals surface area contributed by atoms with Crippen LogP contribution in [0.3, 0.4) is 0 Å². The molecule has 1 amide bonds. The Kier molecular flexibility index (Phi) is 5.29. The molecule has 1 N–H and O–H groups in total. The van der Waals surface area contributed by atoms with E-state index < -0.39 is 10.0 Å². The maximum atomic E-state index is 12.8. The first-order valence-corrected chi connectivity index (χ1v) is 10.00. The molecule has 0 aromatic heterocycles. The second kappa shape index (κ2) is 7.47. The van der Waals surface area contributed by atoms with E-state index in [-0.39, 0.29) is 17.4 Å². The Labute approximate surface area is 153 Å². The van der Waals surface area contributed by atoms with Crippen LogP contribution in [0.25, 0.3) is 0 Å². The van der Waals surface area contributed by atoms with Gasteiger partial charge in [-0.3, -0.25) is 9.52 Å². The largest absolute Gasteiger partial charge is 0.370 e. The van der Waals surface area contributed by atoms with Crippen molar-refractivity contribution in [3.63, 3.8) is 0 Å². The minimum atomic E-state index is -3.71. The molecule has 1 saturated heterocycles. The van der Waals surface area contributed by atoms with Gasteiger partial charge in [-0.25, -0.2) is 8.42 Å². The van der Waals surface area contributed by atoms with Crippen LogP contribution >= 0.6 is 0 Å². The highest BCUT2D eigenvalue weighted by Crippen LogP contribution is 2.26. The Bertz CT molecular complexity index is 908. The van der Waals surface area contributed by atoms with E-state index in [9.17, 15) is 13.2 Å². The molecule has 1 aliphatic heterocycles. The summed E-state index contributed by atoms with van der Waals surface area (Å²) in [6, 6.07) is 12.0. The molecule has 2 aromatic rings. The molecule has 0 aliphatic carbocycles. The number of amides is 1. The Morgan fingerprint density at radius 2 is 1.88 bits per heavy atom. The lowest BCUT2D eigenvalue weighted by Gasteiger charge is -2.26. The van der Waals surface area contributed by atoms with Gasteiger partial charge in [0.1, 0.15) is 6.61 Å². The summed E-state index contributed by atoms with van der Waals surface area (Å²) in [6.07, 6.45) is 0.734. The average Bonchev–Trinajstić information content (AvgIpc) is 2.64. The van der Waals surface area contributed by atoms with Gasteiger partial charge in [0.15, 0.2) is 0 Å². The normalized spacial score (nSPS) is 15.2. The highest BCUT2D eigenvalue weighted by molar-refractivity contribution is 7.92. The highest BCUT2D eigenvalue weighted by Gasteiger charge is 2.22. The van der Waals surface area contributed by atoms with Crippen LogP contribution in [0, 0.1) is 6.92 Å². The van der Waals surface area contributed by atoms with Crippen molar-refractivity contribution in [2.45, 2.75) is 25.2 Å². The van der Waals surface area contributed by atoms with Crippen LogP contribution < -0.4 is 9.62 Å². The second-order valence-corrected chi connectivity index (χ2v) is 7.84. The van der Waals surface area contributed by atoms with Crippen molar-refractivity contribution in [3.8, 4) is 0 Å². The first kappa shape index (κ1) is 18.4. The third kappa shape index (κ3) is 3.73. The minimum Gasteiger partial charge on any atom is -0.370 e. The number of rotatable bonds is 5.